The van der Waals surface area contributed by atoms with Gasteiger partial charge in [-0.15, -0.1) is 0 Å². The molecular formula is C16H23BrN4. The predicted octanol–water partition coefficient (Wildman–Crippen LogP) is 3.97. The van der Waals surface area contributed by atoms with Gasteiger partial charge < -0.3 is 10.6 Å². The highest BCUT2D eigenvalue weighted by Gasteiger charge is 2.16. The number of nitrogen functional groups attached to an aromatic ring is 1. The van der Waals surface area contributed by atoms with E-state index in [-0.39, 0.29) is 0 Å². The molecule has 1 aromatic carbocycles. The molecule has 0 aliphatic heterocycles. The molecule has 0 radical (unpaired) electrons. The molecule has 4 nitrogen and oxygen atoms in total. The van der Waals surface area contributed by atoms with Crippen LogP contribution in [0.2, 0.25) is 0 Å². The van der Waals surface area contributed by atoms with Crippen LogP contribution in [0, 0.1) is 6.92 Å². The van der Waals surface area contributed by atoms with Crippen LogP contribution in [0.15, 0.2) is 28.7 Å². The van der Waals surface area contributed by atoms with Crippen LogP contribution in [0.1, 0.15) is 31.7 Å². The Labute approximate surface area is 135 Å². The highest BCUT2D eigenvalue weighted by molar-refractivity contribution is 9.10. The Kier molecular flexibility index (Phi) is 5.28. The van der Waals surface area contributed by atoms with Gasteiger partial charge in [0, 0.05) is 24.5 Å². The molecule has 1 aromatic heterocycles. The monoisotopic (exact) mass is 350 g/mol. The van der Waals surface area contributed by atoms with Crippen molar-refractivity contribution in [3.05, 3.63) is 40.1 Å². The number of aromatic nitrogens is 2. The maximum atomic E-state index is 5.79. The maximum absolute atomic E-state index is 5.79. The number of nitrogens with two attached hydrogens (primary N) is 1. The van der Waals surface area contributed by atoms with Crippen molar-refractivity contribution in [1.29, 1.82) is 0 Å². The van der Waals surface area contributed by atoms with E-state index in [9.17, 15) is 0 Å². The van der Waals surface area contributed by atoms with Crippen molar-refractivity contribution >= 4 is 27.3 Å². The average Bonchev–Trinajstić information content (AvgIpc) is 2.75. The molecule has 5 heteroatoms. The summed E-state index contributed by atoms with van der Waals surface area (Å²) in [6.07, 6.45) is 1.10. The zero-order valence-electron chi connectivity index (χ0n) is 12.9. The van der Waals surface area contributed by atoms with E-state index in [1.54, 1.807) is 0 Å². The zero-order chi connectivity index (χ0) is 15.4. The molecule has 0 unspecified atom stereocenters. The van der Waals surface area contributed by atoms with E-state index in [1.807, 2.05) is 19.1 Å². The van der Waals surface area contributed by atoms with Crippen LogP contribution >= 0.6 is 15.9 Å². The molecule has 0 aliphatic carbocycles. The molecule has 0 fully saturated rings. The molecule has 0 aliphatic rings. The van der Waals surface area contributed by atoms with E-state index >= 15 is 0 Å². The Morgan fingerprint density at radius 2 is 1.90 bits per heavy atom. The first-order valence-electron chi connectivity index (χ1n) is 7.39. The fourth-order valence-electron chi connectivity index (χ4n) is 2.46. The summed E-state index contributed by atoms with van der Waals surface area (Å²) in [5.41, 5.74) is 10.0. The van der Waals surface area contributed by atoms with Gasteiger partial charge in [0.2, 0.25) is 0 Å². The highest BCUT2D eigenvalue weighted by Crippen LogP contribution is 2.25. The summed E-state index contributed by atoms with van der Waals surface area (Å²) in [6.45, 7) is 9.07. The van der Waals surface area contributed by atoms with Gasteiger partial charge in [-0.05, 0) is 60.5 Å². The Balaban J connectivity index is 2.30. The normalized spacial score (nSPS) is 10.9. The number of halogens is 1. The summed E-state index contributed by atoms with van der Waals surface area (Å²) in [5, 5.41) is 4.57. The van der Waals surface area contributed by atoms with Gasteiger partial charge >= 0.3 is 0 Å². The predicted molar refractivity (Wildman–Crippen MR) is 92.5 cm³/mol. The molecule has 114 valence electrons. The smallest absolute Gasteiger partial charge is 0.0739 e. The quantitative estimate of drug-likeness (QED) is 0.801. The Bertz CT molecular complexity index is 589. The van der Waals surface area contributed by atoms with Gasteiger partial charge in [0.15, 0.2) is 0 Å². The third-order valence-electron chi connectivity index (χ3n) is 3.55. The van der Waals surface area contributed by atoms with Crippen LogP contribution in [0.4, 0.5) is 11.4 Å². The molecule has 0 atom stereocenters. The third-order valence-corrected chi connectivity index (χ3v) is 4.58. The number of aryl methyl sites for hydroxylation is 2. The van der Waals surface area contributed by atoms with Gasteiger partial charge in [-0.25, -0.2) is 0 Å². The molecule has 2 rings (SSSR count). The van der Waals surface area contributed by atoms with E-state index in [4.69, 9.17) is 5.73 Å². The van der Waals surface area contributed by atoms with Gasteiger partial charge in [-0.3, -0.25) is 4.68 Å². The first-order valence-corrected chi connectivity index (χ1v) is 8.18. The van der Waals surface area contributed by atoms with Gasteiger partial charge in [0.05, 0.1) is 22.4 Å². The van der Waals surface area contributed by atoms with Gasteiger partial charge in [-0.1, -0.05) is 6.92 Å². The van der Waals surface area contributed by atoms with Crippen molar-refractivity contribution in [2.24, 2.45) is 0 Å². The van der Waals surface area contributed by atoms with Gasteiger partial charge in [-0.2, -0.15) is 5.10 Å². The molecular weight excluding hydrogens is 328 g/mol. The molecule has 0 saturated carbocycles. The lowest BCUT2D eigenvalue weighted by atomic mass is 10.2. The molecule has 0 bridgehead atoms. The van der Waals surface area contributed by atoms with Gasteiger partial charge in [0.1, 0.15) is 0 Å². The standard InChI is InChI=1S/C16H23BrN4/c1-4-10-20(14-8-6-13(18)7-9-14)11-15-16(17)12(3)19-21(15)5-2/h6-9H,4-5,10-11,18H2,1-3H3. The van der Waals surface area contributed by atoms with Crippen LogP contribution in [0.3, 0.4) is 0 Å². The Morgan fingerprint density at radius 3 is 2.48 bits per heavy atom. The number of hydrogen-bond acceptors (Lipinski definition) is 3. The molecule has 0 spiro atoms. The number of hydrogen-bond donors (Lipinski definition) is 1. The topological polar surface area (TPSA) is 47.1 Å². The summed E-state index contributed by atoms with van der Waals surface area (Å²) in [4.78, 5) is 2.37. The zero-order valence-corrected chi connectivity index (χ0v) is 14.5. The number of anilines is 2. The van der Waals surface area contributed by atoms with Crippen molar-refractivity contribution in [2.45, 2.75) is 40.3 Å². The molecule has 2 N–H and O–H groups in total. The molecule has 2 aromatic rings. The first-order chi connectivity index (χ1) is 10.1. The highest BCUT2D eigenvalue weighted by atomic mass is 79.9. The minimum absolute atomic E-state index is 0.797. The minimum atomic E-state index is 0.797. The second-order valence-corrected chi connectivity index (χ2v) is 5.97. The second-order valence-electron chi connectivity index (χ2n) is 5.17. The summed E-state index contributed by atoms with van der Waals surface area (Å²) in [7, 11) is 0. The Hall–Kier alpha value is -1.49. The minimum Gasteiger partial charge on any atom is -0.399 e. The third kappa shape index (κ3) is 3.59. The Morgan fingerprint density at radius 1 is 1.24 bits per heavy atom. The molecule has 21 heavy (non-hydrogen) atoms. The van der Waals surface area contributed by atoms with Crippen molar-refractivity contribution in [3.63, 3.8) is 0 Å². The van der Waals surface area contributed by atoms with E-state index in [1.165, 1.54) is 11.4 Å². The molecule has 0 amide bonds. The summed E-state index contributed by atoms with van der Waals surface area (Å²) >= 11 is 3.68. The fraction of sp³-hybridized carbons (Fsp3) is 0.438. The van der Waals surface area contributed by atoms with Crippen LogP contribution < -0.4 is 10.6 Å². The SMILES string of the molecule is CCCN(Cc1c(Br)c(C)nn1CC)c1ccc(N)cc1. The van der Waals surface area contributed by atoms with E-state index in [0.717, 1.165) is 41.9 Å². The van der Waals surface area contributed by atoms with Crippen LogP contribution in [-0.2, 0) is 13.1 Å². The lowest BCUT2D eigenvalue weighted by molar-refractivity contribution is 0.603. The lowest BCUT2D eigenvalue weighted by Gasteiger charge is -2.25. The van der Waals surface area contributed by atoms with Gasteiger partial charge in [0.25, 0.3) is 0 Å². The fourth-order valence-corrected chi connectivity index (χ4v) is 2.86. The number of rotatable bonds is 6. The van der Waals surface area contributed by atoms with Crippen molar-refractivity contribution in [1.82, 2.24) is 9.78 Å². The average molecular weight is 351 g/mol. The van der Waals surface area contributed by atoms with Crippen LogP contribution in [-0.4, -0.2) is 16.3 Å². The summed E-state index contributed by atoms with van der Waals surface area (Å²) < 4.78 is 3.18. The summed E-state index contributed by atoms with van der Waals surface area (Å²) in [6, 6.07) is 8.07. The largest absolute Gasteiger partial charge is 0.399 e. The van der Waals surface area contributed by atoms with Crippen LogP contribution in [0.5, 0.6) is 0 Å². The maximum Gasteiger partial charge on any atom is 0.0739 e. The van der Waals surface area contributed by atoms with E-state index < -0.39 is 0 Å². The lowest BCUT2D eigenvalue weighted by Crippen LogP contribution is -2.25. The van der Waals surface area contributed by atoms with Crippen molar-refractivity contribution in [2.75, 3.05) is 17.2 Å². The summed E-state index contributed by atoms with van der Waals surface area (Å²) in [5.74, 6) is 0. The number of benzene rings is 1. The molecule has 1 heterocycles. The van der Waals surface area contributed by atoms with E-state index in [0.29, 0.717) is 0 Å². The van der Waals surface area contributed by atoms with Crippen molar-refractivity contribution < 1.29 is 0 Å². The number of nitrogens with zero attached hydrogens (tertiary/aromatic N) is 3. The second kappa shape index (κ2) is 6.98. The molecule has 0 saturated heterocycles. The van der Waals surface area contributed by atoms with Crippen molar-refractivity contribution in [3.8, 4) is 0 Å². The van der Waals surface area contributed by atoms with Crippen LogP contribution in [0.25, 0.3) is 0 Å². The first kappa shape index (κ1) is 15.9. The van der Waals surface area contributed by atoms with E-state index in [2.05, 4.69) is 56.6 Å².